The second-order valence-corrected chi connectivity index (χ2v) is 14.1. The minimum atomic E-state index is -1.46. The van der Waals surface area contributed by atoms with Gasteiger partial charge in [-0.25, -0.2) is 5.84 Å². The highest BCUT2D eigenvalue weighted by molar-refractivity contribution is 7.80. The molecule has 0 bridgehead atoms. The van der Waals surface area contributed by atoms with E-state index in [1.807, 2.05) is 43.5 Å². The highest BCUT2D eigenvalue weighted by Gasteiger charge is 2.34. The van der Waals surface area contributed by atoms with Crippen molar-refractivity contribution in [3.05, 3.63) is 36.0 Å². The van der Waals surface area contributed by atoms with Crippen molar-refractivity contribution in [2.75, 3.05) is 5.75 Å². The molecule has 0 saturated heterocycles. The number of carbonyl (C=O) groups excluding carboxylic acids is 6. The van der Waals surface area contributed by atoms with Crippen molar-refractivity contribution >= 4 is 59.0 Å². The number of esters is 1. The summed E-state index contributed by atoms with van der Waals surface area (Å²) >= 11 is 4.22. The Hall–Kier alpha value is -4.15. The Morgan fingerprint density at radius 2 is 1.43 bits per heavy atom. The van der Waals surface area contributed by atoms with Crippen LogP contribution < -0.4 is 38.3 Å². The van der Waals surface area contributed by atoms with Crippen molar-refractivity contribution in [1.29, 1.82) is 0 Å². The third-order valence-corrected chi connectivity index (χ3v) is 7.79. The van der Waals surface area contributed by atoms with E-state index in [-0.39, 0.29) is 18.1 Å². The predicted molar refractivity (Wildman–Crippen MR) is 189 cm³/mol. The Kier molecular flexibility index (Phi) is 15.5. The highest BCUT2D eigenvalue weighted by Crippen LogP contribution is 2.19. The number of hydrogen-bond acceptors (Lipinski definition) is 10. The quantitative estimate of drug-likeness (QED) is 0.0362. The number of benzene rings is 1. The summed E-state index contributed by atoms with van der Waals surface area (Å²) in [7, 11) is 0. The van der Waals surface area contributed by atoms with Gasteiger partial charge in [-0.15, -0.1) is 0 Å². The van der Waals surface area contributed by atoms with Gasteiger partial charge in [0.2, 0.25) is 23.6 Å². The summed E-state index contributed by atoms with van der Waals surface area (Å²) in [6.45, 7) is 12.1. The summed E-state index contributed by atoms with van der Waals surface area (Å²) in [5.74, 6) is 0.444. The standard InChI is InChI=1S/C33H52N8O7S/c1-17(2)12-23(31(46)41-35)38-32(47)27(18(3)4)40-30(45)25(16-49)39-29(44)24(14-26(42)48-33(5,6)7)37-28(43)21(34)13-19-15-36-22-11-9-8-10-20(19)22/h8-11,15,17-18,21,23-25,27,36,49H,12-14,16,34-35H2,1-7H3,(H,37,43)(H,38,47)(H,39,44)(H,40,45)(H,41,46)/t21-,23+,24-,25+,27-/m1/s1. The van der Waals surface area contributed by atoms with Crippen molar-refractivity contribution in [3.8, 4) is 0 Å². The highest BCUT2D eigenvalue weighted by atomic mass is 32.1. The van der Waals surface area contributed by atoms with E-state index < -0.39 is 83.7 Å². The van der Waals surface area contributed by atoms with Crippen LogP contribution in [0.2, 0.25) is 0 Å². The molecule has 5 amide bonds. The second-order valence-electron chi connectivity index (χ2n) is 13.7. The second kappa shape index (κ2) is 18.6. The van der Waals surface area contributed by atoms with Crippen molar-refractivity contribution in [3.63, 3.8) is 0 Å². The maximum atomic E-state index is 13.5. The fraction of sp³-hybridized carbons (Fsp3) is 0.576. The number of rotatable bonds is 17. The summed E-state index contributed by atoms with van der Waals surface area (Å²) < 4.78 is 5.38. The molecule has 0 radical (unpaired) electrons. The number of para-hydroxylation sites is 1. The lowest BCUT2D eigenvalue weighted by atomic mass is 9.99. The molecule has 272 valence electrons. The minimum Gasteiger partial charge on any atom is -0.460 e. The van der Waals surface area contributed by atoms with Crippen molar-refractivity contribution in [1.82, 2.24) is 31.7 Å². The van der Waals surface area contributed by atoms with Gasteiger partial charge in [0.1, 0.15) is 29.8 Å². The average Bonchev–Trinajstić information content (AvgIpc) is 3.42. The Bertz CT molecular complexity index is 1470. The van der Waals surface area contributed by atoms with Gasteiger partial charge in [0.15, 0.2) is 0 Å². The zero-order chi connectivity index (χ0) is 37.1. The number of H-pyrrole nitrogens is 1. The van der Waals surface area contributed by atoms with Crippen LogP contribution in [0.15, 0.2) is 30.5 Å². The lowest BCUT2D eigenvalue weighted by molar-refractivity contribution is -0.156. The molecule has 0 aliphatic heterocycles. The Labute approximate surface area is 292 Å². The monoisotopic (exact) mass is 704 g/mol. The molecule has 0 spiro atoms. The van der Waals surface area contributed by atoms with Gasteiger partial charge < -0.3 is 36.7 Å². The van der Waals surface area contributed by atoms with Gasteiger partial charge in [0.25, 0.3) is 5.91 Å². The molecule has 5 atom stereocenters. The van der Waals surface area contributed by atoms with Crippen LogP contribution >= 0.6 is 12.6 Å². The lowest BCUT2D eigenvalue weighted by Gasteiger charge is -2.28. The first-order valence-electron chi connectivity index (χ1n) is 16.2. The molecule has 1 aromatic heterocycles. The van der Waals surface area contributed by atoms with Gasteiger partial charge >= 0.3 is 5.97 Å². The molecular weight excluding hydrogens is 652 g/mol. The summed E-state index contributed by atoms with van der Waals surface area (Å²) in [6.07, 6.45) is 1.65. The summed E-state index contributed by atoms with van der Waals surface area (Å²) in [5.41, 5.74) is 9.07. The molecule has 0 fully saturated rings. The van der Waals surface area contributed by atoms with Crippen LogP contribution in [0.4, 0.5) is 0 Å². The molecule has 0 aliphatic rings. The van der Waals surface area contributed by atoms with Crippen molar-refractivity contribution in [2.45, 2.75) is 104 Å². The van der Waals surface area contributed by atoms with Crippen molar-refractivity contribution < 1.29 is 33.5 Å². The molecule has 16 heteroatoms. The van der Waals surface area contributed by atoms with Crippen LogP contribution in [0.5, 0.6) is 0 Å². The molecular formula is C33H52N8O7S. The zero-order valence-corrected chi connectivity index (χ0v) is 30.1. The number of hydrazine groups is 1. The maximum Gasteiger partial charge on any atom is 0.308 e. The van der Waals surface area contributed by atoms with Gasteiger partial charge in [-0.1, -0.05) is 45.9 Å². The van der Waals surface area contributed by atoms with E-state index in [2.05, 4.69) is 38.9 Å². The Balaban J connectivity index is 2.21. The van der Waals surface area contributed by atoms with Gasteiger partial charge in [0, 0.05) is 22.9 Å². The molecule has 2 rings (SSSR count). The molecule has 1 aromatic carbocycles. The summed E-state index contributed by atoms with van der Waals surface area (Å²) in [6, 6.07) is 1.67. The fourth-order valence-corrected chi connectivity index (χ4v) is 5.25. The Morgan fingerprint density at radius 1 is 0.837 bits per heavy atom. The predicted octanol–water partition coefficient (Wildman–Crippen LogP) is 0.331. The molecule has 15 nitrogen and oxygen atoms in total. The third-order valence-electron chi connectivity index (χ3n) is 7.42. The first kappa shape index (κ1) is 41.0. The number of nitrogens with two attached hydrogens (primary N) is 2. The van der Waals surface area contributed by atoms with E-state index >= 15 is 0 Å². The number of thiol groups is 1. The molecule has 0 aliphatic carbocycles. The number of amides is 5. The first-order chi connectivity index (χ1) is 22.9. The number of carbonyl (C=O) groups is 6. The van der Waals surface area contributed by atoms with Gasteiger partial charge in [-0.05, 0) is 57.1 Å². The van der Waals surface area contributed by atoms with Crippen LogP contribution in [0, 0.1) is 11.8 Å². The van der Waals surface area contributed by atoms with E-state index in [0.717, 1.165) is 16.5 Å². The number of nitrogens with one attached hydrogen (secondary N) is 6. The van der Waals surface area contributed by atoms with E-state index in [1.54, 1.807) is 40.8 Å². The first-order valence-corrected chi connectivity index (χ1v) is 16.8. The number of ether oxygens (including phenoxy) is 1. The fourth-order valence-electron chi connectivity index (χ4n) is 4.99. The third kappa shape index (κ3) is 13.0. The Morgan fingerprint density at radius 3 is 2.00 bits per heavy atom. The average molecular weight is 705 g/mol. The summed E-state index contributed by atoms with van der Waals surface area (Å²) in [4.78, 5) is 81.5. The van der Waals surface area contributed by atoms with E-state index in [9.17, 15) is 28.8 Å². The maximum absolute atomic E-state index is 13.5. The molecule has 10 N–H and O–H groups in total. The van der Waals surface area contributed by atoms with Crippen LogP contribution in [0.3, 0.4) is 0 Å². The number of aromatic amines is 1. The normalized spacial score (nSPS) is 14.7. The molecule has 1 heterocycles. The number of aromatic nitrogens is 1. The number of fused-ring (bicyclic) bond motifs is 1. The smallest absolute Gasteiger partial charge is 0.308 e. The molecule has 0 unspecified atom stereocenters. The van der Waals surface area contributed by atoms with E-state index in [0.29, 0.717) is 6.42 Å². The zero-order valence-electron chi connectivity index (χ0n) is 29.2. The van der Waals surface area contributed by atoms with Gasteiger partial charge in [-0.2, -0.15) is 12.6 Å². The van der Waals surface area contributed by atoms with Crippen molar-refractivity contribution in [2.24, 2.45) is 23.4 Å². The van der Waals surface area contributed by atoms with Crippen LogP contribution in [0.25, 0.3) is 10.9 Å². The lowest BCUT2D eigenvalue weighted by Crippen LogP contribution is -2.60. The van der Waals surface area contributed by atoms with E-state index in [4.69, 9.17) is 16.3 Å². The van der Waals surface area contributed by atoms with Crippen LogP contribution in [-0.4, -0.2) is 82.1 Å². The SMILES string of the molecule is CC(C)C[C@H](NC(=O)[C@H](NC(=O)[C@H](CS)NC(=O)[C@@H](CC(=O)OC(C)(C)C)NC(=O)[C@H](N)Cc1c[nH]c2ccccc12)C(C)C)C(=O)NN. The summed E-state index contributed by atoms with van der Waals surface area (Å²) in [5, 5.41) is 11.2. The minimum absolute atomic E-state index is 0.0515. The van der Waals surface area contributed by atoms with Gasteiger partial charge in [0.05, 0.1) is 12.5 Å². The largest absolute Gasteiger partial charge is 0.460 e. The molecule has 0 saturated carbocycles. The van der Waals surface area contributed by atoms with Crippen LogP contribution in [-0.2, 0) is 39.9 Å². The molecule has 49 heavy (non-hydrogen) atoms. The topological polar surface area (TPSA) is 240 Å². The molecule has 2 aromatic rings. The van der Waals surface area contributed by atoms with E-state index in [1.165, 1.54) is 0 Å². The number of hydrogen-bond donors (Lipinski definition) is 9. The van der Waals surface area contributed by atoms with Gasteiger partial charge in [-0.3, -0.25) is 34.2 Å². The van der Waals surface area contributed by atoms with Crippen LogP contribution in [0.1, 0.15) is 66.9 Å².